The fraction of sp³-hybridized carbons (Fsp3) is 0.118. The van der Waals surface area contributed by atoms with Gasteiger partial charge in [-0.05, 0) is 29.3 Å². The molecule has 0 saturated heterocycles. The Morgan fingerprint density at radius 3 is 2.48 bits per heavy atom. The largest absolute Gasteiger partial charge is 0.308 e. The van der Waals surface area contributed by atoms with Gasteiger partial charge in [0.2, 0.25) is 0 Å². The summed E-state index contributed by atoms with van der Waals surface area (Å²) in [6, 6.07) is 16.5. The summed E-state index contributed by atoms with van der Waals surface area (Å²) in [6.45, 7) is 1.62. The Labute approximate surface area is 140 Å². The molecule has 3 aromatic rings. The van der Waals surface area contributed by atoms with Gasteiger partial charge >= 0.3 is 0 Å². The van der Waals surface area contributed by atoms with Gasteiger partial charge in [0.25, 0.3) is 0 Å². The normalized spacial score (nSPS) is 11.0. The van der Waals surface area contributed by atoms with E-state index in [2.05, 4.69) is 78.6 Å². The lowest BCUT2D eigenvalue weighted by Gasteiger charge is -2.10. The van der Waals surface area contributed by atoms with Gasteiger partial charge in [-0.15, -0.1) is 0 Å². The molecule has 2 aromatic carbocycles. The molecule has 3 rings (SSSR count). The average Bonchev–Trinajstić information content (AvgIpc) is 2.52. The Bertz CT molecular complexity index is 772. The second-order valence-electron chi connectivity index (χ2n) is 4.80. The second-order valence-corrected chi connectivity index (χ2v) is 6.51. The zero-order valence-corrected chi connectivity index (χ0v) is 14.5. The van der Waals surface area contributed by atoms with Crippen LogP contribution in [0.25, 0.3) is 10.9 Å². The summed E-state index contributed by atoms with van der Waals surface area (Å²) in [5.41, 5.74) is 3.51. The molecule has 1 aromatic heterocycles. The van der Waals surface area contributed by atoms with Crippen LogP contribution in [0.15, 0.2) is 63.7 Å². The van der Waals surface area contributed by atoms with Crippen molar-refractivity contribution < 1.29 is 0 Å². The number of nitrogens with one attached hydrogen (secondary N) is 1. The van der Waals surface area contributed by atoms with Crippen molar-refractivity contribution >= 4 is 42.8 Å². The van der Waals surface area contributed by atoms with Gasteiger partial charge in [-0.2, -0.15) is 0 Å². The predicted octanol–water partition coefficient (Wildman–Crippen LogP) is 5.05. The summed E-state index contributed by atoms with van der Waals surface area (Å²) >= 11 is 7.15. The fourth-order valence-electron chi connectivity index (χ4n) is 2.31. The number of hydrogen-bond acceptors (Lipinski definition) is 2. The third-order valence-electron chi connectivity index (χ3n) is 3.39. The summed E-state index contributed by atoms with van der Waals surface area (Å²) in [7, 11) is 0. The Morgan fingerprint density at radius 1 is 0.810 bits per heavy atom. The van der Waals surface area contributed by atoms with Crippen molar-refractivity contribution in [1.29, 1.82) is 0 Å². The van der Waals surface area contributed by atoms with E-state index in [1.807, 2.05) is 18.3 Å². The van der Waals surface area contributed by atoms with Crippen LogP contribution in [0.2, 0.25) is 0 Å². The maximum Gasteiger partial charge on any atom is 0.0758 e. The maximum absolute atomic E-state index is 4.51. The first-order chi connectivity index (χ1) is 10.3. The van der Waals surface area contributed by atoms with Gasteiger partial charge in [-0.3, -0.25) is 4.98 Å². The van der Waals surface area contributed by atoms with Crippen LogP contribution in [0.5, 0.6) is 0 Å². The number of nitrogens with zero attached hydrogens (tertiary/aromatic N) is 1. The highest BCUT2D eigenvalue weighted by molar-refractivity contribution is 9.11. The van der Waals surface area contributed by atoms with Gasteiger partial charge < -0.3 is 5.32 Å². The van der Waals surface area contributed by atoms with Gasteiger partial charge in [-0.1, -0.05) is 62.2 Å². The summed E-state index contributed by atoms with van der Waals surface area (Å²) < 4.78 is 2.22. The first-order valence-electron chi connectivity index (χ1n) is 6.72. The number of halogens is 2. The maximum atomic E-state index is 4.51. The molecule has 0 fully saturated rings. The molecule has 21 heavy (non-hydrogen) atoms. The van der Waals surface area contributed by atoms with Crippen molar-refractivity contribution in [3.05, 3.63) is 74.8 Å². The molecule has 0 radical (unpaired) electrons. The van der Waals surface area contributed by atoms with Crippen LogP contribution in [0.4, 0.5) is 0 Å². The zero-order chi connectivity index (χ0) is 14.7. The van der Waals surface area contributed by atoms with Crippen molar-refractivity contribution in [3.8, 4) is 0 Å². The average molecular weight is 406 g/mol. The van der Waals surface area contributed by atoms with E-state index in [9.17, 15) is 0 Å². The van der Waals surface area contributed by atoms with Gasteiger partial charge in [0, 0.05) is 33.6 Å². The molecule has 0 amide bonds. The molecule has 1 N–H and O–H groups in total. The number of hydrogen-bond donors (Lipinski definition) is 1. The molecule has 0 spiro atoms. The van der Waals surface area contributed by atoms with Gasteiger partial charge in [0.1, 0.15) is 0 Å². The lowest BCUT2D eigenvalue weighted by atomic mass is 10.1. The van der Waals surface area contributed by atoms with E-state index in [-0.39, 0.29) is 0 Å². The van der Waals surface area contributed by atoms with E-state index in [0.29, 0.717) is 0 Å². The fourth-order valence-corrected chi connectivity index (χ4v) is 3.19. The number of benzene rings is 2. The van der Waals surface area contributed by atoms with Crippen LogP contribution in [-0.2, 0) is 13.1 Å². The van der Waals surface area contributed by atoms with Gasteiger partial charge in [0.05, 0.1) is 5.52 Å². The van der Waals surface area contributed by atoms with E-state index in [1.54, 1.807) is 0 Å². The van der Waals surface area contributed by atoms with E-state index in [0.717, 1.165) is 32.9 Å². The predicted molar refractivity (Wildman–Crippen MR) is 94.1 cm³/mol. The van der Waals surface area contributed by atoms with Crippen LogP contribution >= 0.6 is 31.9 Å². The number of pyridine rings is 1. The highest BCUT2D eigenvalue weighted by Gasteiger charge is 2.05. The van der Waals surface area contributed by atoms with Crippen LogP contribution in [-0.4, -0.2) is 4.98 Å². The molecule has 0 aliphatic carbocycles. The summed E-state index contributed by atoms with van der Waals surface area (Å²) in [5.74, 6) is 0. The summed E-state index contributed by atoms with van der Waals surface area (Å²) in [4.78, 5) is 4.51. The van der Waals surface area contributed by atoms with Gasteiger partial charge in [0.15, 0.2) is 0 Å². The van der Waals surface area contributed by atoms with Crippen molar-refractivity contribution in [3.63, 3.8) is 0 Å². The molecule has 0 unspecified atom stereocenters. The number of rotatable bonds is 4. The smallest absolute Gasteiger partial charge is 0.0758 e. The number of fused-ring (bicyclic) bond motifs is 1. The van der Waals surface area contributed by atoms with Crippen LogP contribution in [0, 0.1) is 0 Å². The third-order valence-corrected chi connectivity index (χ3v) is 4.85. The van der Waals surface area contributed by atoms with Crippen LogP contribution < -0.4 is 5.32 Å². The summed E-state index contributed by atoms with van der Waals surface area (Å²) in [6.07, 6.45) is 1.84. The lowest BCUT2D eigenvalue weighted by Crippen LogP contribution is -2.13. The molecule has 1 heterocycles. The minimum Gasteiger partial charge on any atom is -0.308 e. The molecule has 0 saturated carbocycles. The summed E-state index contributed by atoms with van der Waals surface area (Å²) in [5, 5.41) is 4.64. The highest BCUT2D eigenvalue weighted by atomic mass is 79.9. The Morgan fingerprint density at radius 2 is 1.62 bits per heavy atom. The van der Waals surface area contributed by atoms with Crippen molar-refractivity contribution in [2.75, 3.05) is 0 Å². The topological polar surface area (TPSA) is 24.9 Å². The van der Waals surface area contributed by atoms with Crippen LogP contribution in [0.1, 0.15) is 11.1 Å². The Kier molecular flexibility index (Phi) is 4.68. The zero-order valence-electron chi connectivity index (χ0n) is 11.3. The molecule has 0 aliphatic heterocycles. The highest BCUT2D eigenvalue weighted by Crippen LogP contribution is 2.25. The molecule has 106 valence electrons. The van der Waals surface area contributed by atoms with E-state index in [1.165, 1.54) is 11.1 Å². The lowest BCUT2D eigenvalue weighted by molar-refractivity contribution is 0.694. The molecule has 0 bridgehead atoms. The van der Waals surface area contributed by atoms with Crippen LogP contribution in [0.3, 0.4) is 0 Å². The monoisotopic (exact) mass is 404 g/mol. The second kappa shape index (κ2) is 6.69. The quantitative estimate of drug-likeness (QED) is 0.656. The van der Waals surface area contributed by atoms with Crippen molar-refractivity contribution in [1.82, 2.24) is 10.3 Å². The molecular formula is C17H14Br2N2. The van der Waals surface area contributed by atoms with Crippen molar-refractivity contribution in [2.24, 2.45) is 0 Å². The SMILES string of the molecule is Brc1ccccc1CNCc1ccc(Br)c2cccnc12. The van der Waals surface area contributed by atoms with E-state index in [4.69, 9.17) is 0 Å². The minimum atomic E-state index is 0.794. The molecule has 0 atom stereocenters. The molecule has 4 heteroatoms. The van der Waals surface area contributed by atoms with Gasteiger partial charge in [-0.25, -0.2) is 0 Å². The number of aromatic nitrogens is 1. The molecule has 2 nitrogen and oxygen atoms in total. The third kappa shape index (κ3) is 3.34. The Hall–Kier alpha value is -1.23. The first kappa shape index (κ1) is 14.7. The van der Waals surface area contributed by atoms with Crippen molar-refractivity contribution in [2.45, 2.75) is 13.1 Å². The first-order valence-corrected chi connectivity index (χ1v) is 8.30. The van der Waals surface area contributed by atoms with E-state index >= 15 is 0 Å². The molecular weight excluding hydrogens is 392 g/mol. The molecule has 0 aliphatic rings. The minimum absolute atomic E-state index is 0.794. The standard InChI is InChI=1S/C17H14Br2N2/c18-15-6-2-1-4-12(15)10-20-11-13-7-8-16(19)14-5-3-9-21-17(13)14/h1-9,20H,10-11H2. The van der Waals surface area contributed by atoms with E-state index < -0.39 is 0 Å². The Balaban J connectivity index is 1.77.